The lowest BCUT2D eigenvalue weighted by atomic mass is 10.1. The molecule has 0 aliphatic rings. The molecule has 3 rings (SSSR count). The van der Waals surface area contributed by atoms with Crippen LogP contribution in [0.15, 0.2) is 60.9 Å². The van der Waals surface area contributed by atoms with Crippen LogP contribution < -0.4 is 19.5 Å². The summed E-state index contributed by atoms with van der Waals surface area (Å²) in [6.45, 7) is -2.96. The molecule has 0 bridgehead atoms. The summed E-state index contributed by atoms with van der Waals surface area (Å²) in [5, 5.41) is 2.94. The number of alkyl halides is 2. The topological polar surface area (TPSA) is 74.6 Å². The summed E-state index contributed by atoms with van der Waals surface area (Å²) in [5.41, 5.74) is 1.38. The molecule has 0 saturated carbocycles. The van der Waals surface area contributed by atoms with Crippen LogP contribution in [-0.2, 0) is 11.8 Å². The molecule has 32 heavy (non-hydrogen) atoms. The van der Waals surface area contributed by atoms with Crippen molar-refractivity contribution < 1.29 is 27.8 Å². The quantitative estimate of drug-likeness (QED) is 0.507. The third-order valence-corrected chi connectivity index (χ3v) is 4.66. The molecule has 7 nitrogen and oxygen atoms in total. The first-order valence-electron chi connectivity index (χ1n) is 9.64. The summed E-state index contributed by atoms with van der Waals surface area (Å²) < 4.78 is 41.6. The van der Waals surface area contributed by atoms with Gasteiger partial charge in [0.05, 0.1) is 14.2 Å². The molecular formula is C23H23F2N3O4. The van der Waals surface area contributed by atoms with Gasteiger partial charge in [0, 0.05) is 25.5 Å². The maximum Gasteiger partial charge on any atom is 0.387 e. The number of aryl methyl sites for hydroxylation is 1. The van der Waals surface area contributed by atoms with Crippen LogP contribution in [0.25, 0.3) is 6.08 Å². The number of nitrogens with one attached hydrogen (secondary N) is 1. The SMILES string of the molecule is COc1cccc(C(NC(=O)/C=C/c2ccc(OC(F)F)c(OC)c2)c2nccn2C)c1. The van der Waals surface area contributed by atoms with Crippen molar-refractivity contribution in [3.63, 3.8) is 0 Å². The fraction of sp³-hybridized carbons (Fsp3) is 0.217. The number of hydrogen-bond donors (Lipinski definition) is 1. The van der Waals surface area contributed by atoms with E-state index in [-0.39, 0.29) is 17.4 Å². The predicted molar refractivity (Wildman–Crippen MR) is 115 cm³/mol. The molecule has 2 aromatic carbocycles. The summed E-state index contributed by atoms with van der Waals surface area (Å²) >= 11 is 0. The lowest BCUT2D eigenvalue weighted by Gasteiger charge is -2.19. The fourth-order valence-corrected chi connectivity index (χ4v) is 3.12. The van der Waals surface area contributed by atoms with Crippen molar-refractivity contribution in [2.24, 2.45) is 7.05 Å². The van der Waals surface area contributed by atoms with Crippen LogP contribution in [0, 0.1) is 0 Å². The molecule has 0 fully saturated rings. The van der Waals surface area contributed by atoms with Gasteiger partial charge in [0.1, 0.15) is 17.6 Å². The molecule has 0 aliphatic carbocycles. The number of benzene rings is 2. The normalized spacial score (nSPS) is 12.1. The molecule has 0 radical (unpaired) electrons. The number of aromatic nitrogens is 2. The molecular weight excluding hydrogens is 420 g/mol. The number of rotatable bonds is 9. The van der Waals surface area contributed by atoms with Crippen molar-refractivity contribution in [2.75, 3.05) is 14.2 Å². The van der Waals surface area contributed by atoms with Gasteiger partial charge < -0.3 is 24.1 Å². The highest BCUT2D eigenvalue weighted by Crippen LogP contribution is 2.30. The number of amides is 1. The molecule has 0 aliphatic heterocycles. The van der Waals surface area contributed by atoms with Crippen LogP contribution in [0.2, 0.25) is 0 Å². The van der Waals surface area contributed by atoms with Gasteiger partial charge in [-0.1, -0.05) is 18.2 Å². The van der Waals surface area contributed by atoms with Gasteiger partial charge in [0.15, 0.2) is 11.5 Å². The number of carbonyl (C=O) groups is 1. The van der Waals surface area contributed by atoms with E-state index in [9.17, 15) is 13.6 Å². The Bertz CT molecular complexity index is 1100. The molecule has 3 aromatic rings. The largest absolute Gasteiger partial charge is 0.497 e. The molecule has 0 saturated heterocycles. The molecule has 1 unspecified atom stereocenters. The smallest absolute Gasteiger partial charge is 0.387 e. The molecule has 1 heterocycles. The molecule has 1 N–H and O–H groups in total. The molecule has 1 atom stereocenters. The van der Waals surface area contributed by atoms with E-state index in [1.54, 1.807) is 31.6 Å². The van der Waals surface area contributed by atoms with E-state index in [2.05, 4.69) is 15.0 Å². The van der Waals surface area contributed by atoms with Gasteiger partial charge in [-0.15, -0.1) is 0 Å². The number of halogens is 2. The molecule has 1 amide bonds. The van der Waals surface area contributed by atoms with E-state index in [1.165, 1.54) is 25.3 Å². The van der Waals surface area contributed by atoms with Gasteiger partial charge in [-0.05, 0) is 41.5 Å². The van der Waals surface area contributed by atoms with E-state index in [1.807, 2.05) is 35.9 Å². The van der Waals surface area contributed by atoms with Crippen molar-refractivity contribution in [1.82, 2.24) is 14.9 Å². The molecule has 0 spiro atoms. The second-order valence-corrected chi connectivity index (χ2v) is 6.74. The Morgan fingerprint density at radius 1 is 1.12 bits per heavy atom. The van der Waals surface area contributed by atoms with E-state index in [4.69, 9.17) is 9.47 Å². The Labute approximate surface area is 184 Å². The number of ether oxygens (including phenoxy) is 3. The fourth-order valence-electron chi connectivity index (χ4n) is 3.12. The summed E-state index contributed by atoms with van der Waals surface area (Å²) in [6, 6.07) is 11.2. The zero-order valence-electron chi connectivity index (χ0n) is 17.8. The maximum absolute atomic E-state index is 12.7. The number of carbonyl (C=O) groups excluding carboxylic acids is 1. The number of hydrogen-bond acceptors (Lipinski definition) is 5. The first-order valence-corrected chi connectivity index (χ1v) is 9.64. The van der Waals surface area contributed by atoms with Gasteiger partial charge >= 0.3 is 6.61 Å². The summed E-state index contributed by atoms with van der Waals surface area (Å²) in [7, 11) is 4.76. The minimum atomic E-state index is -2.96. The highest BCUT2D eigenvalue weighted by Gasteiger charge is 2.20. The van der Waals surface area contributed by atoms with Gasteiger partial charge in [0.25, 0.3) is 0 Å². The molecule has 168 valence electrons. The Hall–Kier alpha value is -3.88. The van der Waals surface area contributed by atoms with E-state index >= 15 is 0 Å². The highest BCUT2D eigenvalue weighted by molar-refractivity contribution is 5.92. The van der Waals surface area contributed by atoms with Gasteiger partial charge in [-0.3, -0.25) is 4.79 Å². The zero-order chi connectivity index (χ0) is 23.1. The maximum atomic E-state index is 12.7. The standard InChI is InChI=1S/C23H23F2N3O4/c1-28-12-11-26-22(28)21(16-5-4-6-17(14-16)30-2)27-20(29)10-8-15-7-9-18(32-23(24)25)19(13-15)31-3/h4-14,21,23H,1-3H3,(H,27,29)/b10-8+. The first-order chi connectivity index (χ1) is 15.4. The van der Waals surface area contributed by atoms with E-state index < -0.39 is 12.7 Å². The lowest BCUT2D eigenvalue weighted by Crippen LogP contribution is -2.29. The minimum absolute atomic E-state index is 0.0861. The second kappa shape index (κ2) is 10.4. The first kappa shape index (κ1) is 22.8. The van der Waals surface area contributed by atoms with Crippen molar-refractivity contribution in [3.05, 3.63) is 77.9 Å². The van der Waals surface area contributed by atoms with Crippen molar-refractivity contribution in [1.29, 1.82) is 0 Å². The van der Waals surface area contributed by atoms with Crippen molar-refractivity contribution in [2.45, 2.75) is 12.7 Å². The Balaban J connectivity index is 1.81. The molecule has 1 aromatic heterocycles. The zero-order valence-corrected chi connectivity index (χ0v) is 17.8. The Morgan fingerprint density at radius 2 is 1.94 bits per heavy atom. The van der Waals surface area contributed by atoms with Gasteiger partial charge in [-0.25, -0.2) is 4.98 Å². The lowest BCUT2D eigenvalue weighted by molar-refractivity contribution is -0.117. The van der Waals surface area contributed by atoms with Gasteiger partial charge in [0.2, 0.25) is 5.91 Å². The summed E-state index contributed by atoms with van der Waals surface area (Å²) in [5.74, 6) is 0.986. The van der Waals surface area contributed by atoms with E-state index in [0.29, 0.717) is 17.1 Å². The van der Waals surface area contributed by atoms with Crippen LogP contribution in [0.3, 0.4) is 0 Å². The number of methoxy groups -OCH3 is 2. The van der Waals surface area contributed by atoms with Crippen LogP contribution in [0.4, 0.5) is 8.78 Å². The van der Waals surface area contributed by atoms with Crippen molar-refractivity contribution in [3.8, 4) is 17.2 Å². The number of nitrogens with zero attached hydrogens (tertiary/aromatic N) is 2. The number of imidazole rings is 1. The highest BCUT2D eigenvalue weighted by atomic mass is 19.3. The van der Waals surface area contributed by atoms with Crippen LogP contribution in [0.5, 0.6) is 17.2 Å². The predicted octanol–water partition coefficient (Wildman–Crippen LogP) is 3.96. The third kappa shape index (κ3) is 5.63. The average molecular weight is 443 g/mol. The van der Waals surface area contributed by atoms with Gasteiger partial charge in [-0.2, -0.15) is 8.78 Å². The summed E-state index contributed by atoms with van der Waals surface area (Å²) in [6.07, 6.45) is 6.34. The average Bonchev–Trinajstić information content (AvgIpc) is 3.21. The van der Waals surface area contributed by atoms with Crippen LogP contribution >= 0.6 is 0 Å². The van der Waals surface area contributed by atoms with Crippen LogP contribution in [-0.4, -0.2) is 36.3 Å². The Kier molecular flexibility index (Phi) is 7.43. The molecule has 9 heteroatoms. The van der Waals surface area contributed by atoms with Crippen LogP contribution in [0.1, 0.15) is 23.0 Å². The third-order valence-electron chi connectivity index (χ3n) is 4.66. The Morgan fingerprint density at radius 3 is 2.59 bits per heavy atom. The summed E-state index contributed by atoms with van der Waals surface area (Å²) in [4.78, 5) is 17.1. The monoisotopic (exact) mass is 443 g/mol. The van der Waals surface area contributed by atoms with Crippen molar-refractivity contribution >= 4 is 12.0 Å². The second-order valence-electron chi connectivity index (χ2n) is 6.74. The minimum Gasteiger partial charge on any atom is -0.497 e. The van der Waals surface area contributed by atoms with E-state index in [0.717, 1.165) is 5.56 Å².